The molecule has 2 heteroatoms. The molecule has 0 N–H and O–H groups in total. The molecule has 0 saturated carbocycles. The maximum Gasteiger partial charge on any atom is 0.0236 e. The third-order valence-electron chi connectivity index (χ3n) is 2.86. The van der Waals surface area contributed by atoms with Crippen molar-refractivity contribution in [1.82, 2.24) is 4.90 Å². The highest BCUT2D eigenvalue weighted by molar-refractivity contribution is 9.10. The van der Waals surface area contributed by atoms with E-state index in [-0.39, 0.29) is 0 Å². The van der Waals surface area contributed by atoms with Crippen molar-refractivity contribution in [3.05, 3.63) is 33.8 Å². The van der Waals surface area contributed by atoms with Crippen molar-refractivity contribution in [2.75, 3.05) is 7.05 Å². The van der Waals surface area contributed by atoms with Crippen LogP contribution in [0.5, 0.6) is 0 Å². The number of hydrogen-bond donors (Lipinski definition) is 0. The van der Waals surface area contributed by atoms with Crippen LogP contribution < -0.4 is 0 Å². The number of likely N-dealkylation sites (N-methyl/N-ethyl adjacent to an activating group) is 1. The van der Waals surface area contributed by atoms with E-state index in [9.17, 15) is 0 Å². The van der Waals surface area contributed by atoms with Gasteiger partial charge in [-0.1, -0.05) is 22.0 Å². The number of fused-ring (bicyclic) bond motifs is 1. The molecule has 0 spiro atoms. The molecule has 2 rings (SSSR count). The first-order chi connectivity index (χ1) is 6.16. The zero-order chi connectivity index (χ0) is 9.42. The molecule has 0 bridgehead atoms. The zero-order valence-corrected chi connectivity index (χ0v) is 9.63. The topological polar surface area (TPSA) is 3.24 Å². The smallest absolute Gasteiger partial charge is 0.0236 e. The Kier molecular flexibility index (Phi) is 2.43. The molecule has 0 radical (unpaired) electrons. The fraction of sp³-hybridized carbons (Fsp3) is 0.455. The molecule has 1 aromatic rings. The lowest BCUT2D eigenvalue weighted by Gasteiger charge is -2.31. The number of rotatable bonds is 0. The predicted molar refractivity (Wildman–Crippen MR) is 58.8 cm³/mol. The van der Waals surface area contributed by atoms with Crippen molar-refractivity contribution >= 4 is 15.9 Å². The van der Waals surface area contributed by atoms with Gasteiger partial charge in [0, 0.05) is 17.1 Å². The fourth-order valence-corrected chi connectivity index (χ4v) is 2.25. The van der Waals surface area contributed by atoms with Gasteiger partial charge in [-0.15, -0.1) is 0 Å². The lowest BCUT2D eigenvalue weighted by molar-refractivity contribution is 0.231. The highest BCUT2D eigenvalue weighted by atomic mass is 79.9. The van der Waals surface area contributed by atoms with E-state index in [0.29, 0.717) is 6.04 Å². The van der Waals surface area contributed by atoms with Gasteiger partial charge in [-0.25, -0.2) is 0 Å². The molecular formula is C11H14BrN. The Bertz CT molecular complexity index is 322. The van der Waals surface area contributed by atoms with E-state index in [1.165, 1.54) is 22.0 Å². The Balaban J connectivity index is 2.37. The highest BCUT2D eigenvalue weighted by Crippen LogP contribution is 2.24. The Morgan fingerprint density at radius 2 is 2.15 bits per heavy atom. The average molecular weight is 240 g/mol. The molecular weight excluding hydrogens is 226 g/mol. The van der Waals surface area contributed by atoms with Crippen LogP contribution in [0.25, 0.3) is 0 Å². The quantitative estimate of drug-likeness (QED) is 0.674. The third kappa shape index (κ3) is 1.79. The van der Waals surface area contributed by atoms with Crippen LogP contribution >= 0.6 is 15.9 Å². The van der Waals surface area contributed by atoms with E-state index >= 15 is 0 Å². The Hall–Kier alpha value is -0.340. The van der Waals surface area contributed by atoms with E-state index < -0.39 is 0 Å². The van der Waals surface area contributed by atoms with Crippen LogP contribution in [-0.4, -0.2) is 18.0 Å². The number of nitrogens with zero attached hydrogens (tertiary/aromatic N) is 1. The van der Waals surface area contributed by atoms with Crippen molar-refractivity contribution in [3.63, 3.8) is 0 Å². The summed E-state index contributed by atoms with van der Waals surface area (Å²) in [5.74, 6) is 0. The first-order valence-corrected chi connectivity index (χ1v) is 5.43. The van der Waals surface area contributed by atoms with Crippen LogP contribution in [-0.2, 0) is 13.0 Å². The van der Waals surface area contributed by atoms with Crippen molar-refractivity contribution in [2.45, 2.75) is 25.9 Å². The molecule has 1 nitrogen and oxygen atoms in total. The summed E-state index contributed by atoms with van der Waals surface area (Å²) in [7, 11) is 2.19. The Labute approximate surface area is 87.9 Å². The lowest BCUT2D eigenvalue weighted by atomic mass is 9.95. The molecule has 0 amide bonds. The van der Waals surface area contributed by atoms with Crippen LogP contribution in [0.15, 0.2) is 22.7 Å². The molecule has 0 fully saturated rings. The van der Waals surface area contributed by atoms with Gasteiger partial charge in [0.05, 0.1) is 0 Å². The minimum absolute atomic E-state index is 0.675. The second-order valence-electron chi connectivity index (χ2n) is 3.88. The van der Waals surface area contributed by atoms with Crippen LogP contribution in [0.2, 0.25) is 0 Å². The summed E-state index contributed by atoms with van der Waals surface area (Å²) < 4.78 is 1.19. The van der Waals surface area contributed by atoms with E-state index in [2.05, 4.69) is 53.0 Å². The fourth-order valence-electron chi connectivity index (χ4n) is 1.84. The maximum atomic E-state index is 3.51. The van der Waals surface area contributed by atoms with Crippen molar-refractivity contribution in [1.29, 1.82) is 0 Å². The second kappa shape index (κ2) is 3.43. The standard InChI is InChI=1S/C11H14BrN/c1-8-5-9-3-4-11(12)6-10(9)7-13(8)2/h3-4,6,8H,5,7H2,1-2H3. The highest BCUT2D eigenvalue weighted by Gasteiger charge is 2.19. The van der Waals surface area contributed by atoms with Gasteiger partial charge in [-0.2, -0.15) is 0 Å². The maximum absolute atomic E-state index is 3.51. The van der Waals surface area contributed by atoms with Crippen LogP contribution in [0.3, 0.4) is 0 Å². The first kappa shape index (κ1) is 9.22. The molecule has 0 saturated heterocycles. The van der Waals surface area contributed by atoms with Crippen LogP contribution in [0, 0.1) is 0 Å². The minimum Gasteiger partial charge on any atom is -0.299 e. The lowest BCUT2D eigenvalue weighted by Crippen LogP contribution is -2.34. The van der Waals surface area contributed by atoms with Gasteiger partial charge >= 0.3 is 0 Å². The molecule has 1 heterocycles. The molecule has 1 aromatic carbocycles. The summed E-state index contributed by atoms with van der Waals surface area (Å²) in [6.45, 7) is 3.36. The van der Waals surface area contributed by atoms with Gasteiger partial charge in [0.2, 0.25) is 0 Å². The molecule has 13 heavy (non-hydrogen) atoms. The number of halogens is 1. The first-order valence-electron chi connectivity index (χ1n) is 4.64. The molecule has 70 valence electrons. The van der Waals surface area contributed by atoms with Crippen molar-refractivity contribution < 1.29 is 0 Å². The third-order valence-corrected chi connectivity index (χ3v) is 3.35. The molecule has 0 aromatic heterocycles. The predicted octanol–water partition coefficient (Wildman–Crippen LogP) is 2.83. The summed E-state index contributed by atoms with van der Waals surface area (Å²) >= 11 is 3.51. The van der Waals surface area contributed by atoms with E-state index in [0.717, 1.165) is 6.54 Å². The summed E-state index contributed by atoms with van der Waals surface area (Å²) in [6, 6.07) is 7.28. The second-order valence-corrected chi connectivity index (χ2v) is 4.80. The molecule has 1 unspecified atom stereocenters. The van der Waals surface area contributed by atoms with Gasteiger partial charge in [0.15, 0.2) is 0 Å². The summed E-state index contributed by atoms with van der Waals surface area (Å²) in [6.07, 6.45) is 1.18. The van der Waals surface area contributed by atoms with Gasteiger partial charge in [-0.3, -0.25) is 4.90 Å². The minimum atomic E-state index is 0.675. The van der Waals surface area contributed by atoms with Crippen LogP contribution in [0.1, 0.15) is 18.1 Å². The Morgan fingerprint density at radius 1 is 1.38 bits per heavy atom. The monoisotopic (exact) mass is 239 g/mol. The summed E-state index contributed by atoms with van der Waals surface area (Å²) in [5.41, 5.74) is 2.98. The number of benzene rings is 1. The normalized spacial score (nSPS) is 22.8. The Morgan fingerprint density at radius 3 is 2.92 bits per heavy atom. The largest absolute Gasteiger partial charge is 0.299 e. The summed E-state index contributed by atoms with van der Waals surface area (Å²) in [5, 5.41) is 0. The molecule has 1 aliphatic heterocycles. The van der Waals surface area contributed by atoms with E-state index in [1.807, 2.05) is 0 Å². The molecule has 1 atom stereocenters. The average Bonchev–Trinajstić information content (AvgIpc) is 2.08. The zero-order valence-electron chi connectivity index (χ0n) is 8.05. The van der Waals surface area contributed by atoms with E-state index in [1.54, 1.807) is 0 Å². The van der Waals surface area contributed by atoms with Gasteiger partial charge in [0.25, 0.3) is 0 Å². The summed E-state index contributed by atoms with van der Waals surface area (Å²) in [4.78, 5) is 2.40. The molecule has 1 aliphatic rings. The van der Waals surface area contributed by atoms with Crippen molar-refractivity contribution in [3.8, 4) is 0 Å². The SMILES string of the molecule is CC1Cc2ccc(Br)cc2CN1C. The molecule has 0 aliphatic carbocycles. The van der Waals surface area contributed by atoms with Crippen LogP contribution in [0.4, 0.5) is 0 Å². The van der Waals surface area contributed by atoms with Gasteiger partial charge in [-0.05, 0) is 43.7 Å². The van der Waals surface area contributed by atoms with Gasteiger partial charge < -0.3 is 0 Å². The number of hydrogen-bond acceptors (Lipinski definition) is 1. The van der Waals surface area contributed by atoms with Gasteiger partial charge in [0.1, 0.15) is 0 Å². The van der Waals surface area contributed by atoms with Crippen molar-refractivity contribution in [2.24, 2.45) is 0 Å². The van der Waals surface area contributed by atoms with E-state index in [4.69, 9.17) is 0 Å².